The monoisotopic (exact) mass is 430 g/mol. The number of halogens is 2. The number of hydrogen-bond acceptors (Lipinski definition) is 4. The minimum absolute atomic E-state index is 0. The fourth-order valence-electron chi connectivity index (χ4n) is 3.70. The van der Waals surface area contributed by atoms with Crippen LogP contribution in [0.25, 0.3) is 0 Å². The lowest BCUT2D eigenvalue weighted by Crippen LogP contribution is -2.39. The lowest BCUT2D eigenvalue weighted by molar-refractivity contribution is 0.0658. The number of nitrogens with zero attached hydrogens (tertiary/aromatic N) is 1. The van der Waals surface area contributed by atoms with Crippen molar-refractivity contribution in [2.75, 3.05) is 13.1 Å². The Morgan fingerprint density at radius 3 is 2.79 bits per heavy atom. The molecule has 130 valence electrons. The van der Waals surface area contributed by atoms with Crippen LogP contribution in [0.4, 0.5) is 0 Å². The minimum atomic E-state index is 0. The molecule has 4 nitrogen and oxygen atoms in total. The van der Waals surface area contributed by atoms with Crippen molar-refractivity contribution in [1.29, 1.82) is 0 Å². The standard InChI is InChI=1S/C17H19BrN2O2S.ClH/c18-15-2-1-13(22-15)16(21)20(10-12-3-8-23-11-12)14-9-17(14)4-6-19-7-5-17;/h1-3,8,11,14,19H,4-7,9-10H2;1H. The molecule has 24 heavy (non-hydrogen) atoms. The van der Waals surface area contributed by atoms with Crippen LogP contribution in [0, 0.1) is 5.41 Å². The van der Waals surface area contributed by atoms with Crippen molar-refractivity contribution in [3.8, 4) is 0 Å². The van der Waals surface area contributed by atoms with Gasteiger partial charge in [-0.15, -0.1) is 12.4 Å². The van der Waals surface area contributed by atoms with E-state index in [1.807, 2.05) is 4.90 Å². The third kappa shape index (κ3) is 3.43. The molecule has 1 saturated carbocycles. The van der Waals surface area contributed by atoms with Crippen molar-refractivity contribution in [1.82, 2.24) is 10.2 Å². The molecule has 1 spiro atoms. The highest BCUT2D eigenvalue weighted by molar-refractivity contribution is 9.10. The first-order chi connectivity index (χ1) is 11.2. The number of nitrogens with one attached hydrogen (secondary N) is 1. The molecule has 4 rings (SSSR count). The second-order valence-electron chi connectivity index (χ2n) is 6.50. The smallest absolute Gasteiger partial charge is 0.290 e. The van der Waals surface area contributed by atoms with Gasteiger partial charge in [0.15, 0.2) is 10.4 Å². The van der Waals surface area contributed by atoms with E-state index >= 15 is 0 Å². The number of amides is 1. The Bertz CT molecular complexity index is 697. The molecule has 3 heterocycles. The molecule has 2 aromatic heterocycles. The molecule has 0 bridgehead atoms. The predicted molar refractivity (Wildman–Crippen MR) is 101 cm³/mol. The van der Waals surface area contributed by atoms with E-state index in [9.17, 15) is 4.79 Å². The van der Waals surface area contributed by atoms with Crippen LogP contribution in [0.5, 0.6) is 0 Å². The summed E-state index contributed by atoms with van der Waals surface area (Å²) in [5.41, 5.74) is 1.52. The Hall–Kier alpha value is -0.820. The summed E-state index contributed by atoms with van der Waals surface area (Å²) in [4.78, 5) is 15.0. The second-order valence-corrected chi connectivity index (χ2v) is 8.06. The van der Waals surface area contributed by atoms with Crippen molar-refractivity contribution in [3.05, 3.63) is 45.0 Å². The van der Waals surface area contributed by atoms with E-state index in [4.69, 9.17) is 4.42 Å². The Kier molecular flexibility index (Phi) is 5.39. The molecule has 1 amide bonds. The van der Waals surface area contributed by atoms with Crippen LogP contribution in [0.2, 0.25) is 0 Å². The topological polar surface area (TPSA) is 45.5 Å². The van der Waals surface area contributed by atoms with Gasteiger partial charge < -0.3 is 14.6 Å². The molecule has 0 radical (unpaired) electrons. The predicted octanol–water partition coefficient (Wildman–Crippen LogP) is 4.31. The van der Waals surface area contributed by atoms with Gasteiger partial charge in [0.1, 0.15) is 0 Å². The zero-order valence-electron chi connectivity index (χ0n) is 13.2. The summed E-state index contributed by atoms with van der Waals surface area (Å²) in [5.74, 6) is 0.422. The van der Waals surface area contributed by atoms with Gasteiger partial charge in [0, 0.05) is 12.6 Å². The van der Waals surface area contributed by atoms with Crippen molar-refractivity contribution in [2.24, 2.45) is 5.41 Å². The summed E-state index contributed by atoms with van der Waals surface area (Å²) in [6.07, 6.45) is 3.44. The van der Waals surface area contributed by atoms with E-state index in [-0.39, 0.29) is 18.3 Å². The Morgan fingerprint density at radius 2 is 2.17 bits per heavy atom. The van der Waals surface area contributed by atoms with Crippen molar-refractivity contribution in [2.45, 2.75) is 31.8 Å². The minimum Gasteiger partial charge on any atom is -0.444 e. The molecule has 1 N–H and O–H groups in total. The van der Waals surface area contributed by atoms with Gasteiger partial charge in [-0.2, -0.15) is 11.3 Å². The largest absolute Gasteiger partial charge is 0.444 e. The molecule has 2 aliphatic rings. The summed E-state index contributed by atoms with van der Waals surface area (Å²) in [5, 5.41) is 7.61. The Morgan fingerprint density at radius 1 is 1.38 bits per heavy atom. The van der Waals surface area contributed by atoms with Crippen LogP contribution >= 0.6 is 39.7 Å². The third-order valence-electron chi connectivity index (χ3n) is 5.10. The van der Waals surface area contributed by atoms with Crippen LogP contribution < -0.4 is 5.32 Å². The molecule has 1 aliphatic carbocycles. The van der Waals surface area contributed by atoms with Crippen LogP contribution in [0.15, 0.2) is 38.0 Å². The van der Waals surface area contributed by atoms with E-state index in [1.165, 1.54) is 5.56 Å². The van der Waals surface area contributed by atoms with Crippen molar-refractivity contribution >= 4 is 45.6 Å². The number of carbonyl (C=O) groups excluding carboxylic acids is 1. The molecule has 2 aromatic rings. The van der Waals surface area contributed by atoms with E-state index in [2.05, 4.69) is 38.1 Å². The lowest BCUT2D eigenvalue weighted by atomic mass is 9.93. The fourth-order valence-corrected chi connectivity index (χ4v) is 4.67. The maximum atomic E-state index is 13.0. The zero-order chi connectivity index (χ0) is 15.9. The van der Waals surface area contributed by atoms with E-state index in [0.717, 1.165) is 32.4 Å². The molecule has 0 aromatic carbocycles. The fraction of sp³-hybridized carbons (Fsp3) is 0.471. The summed E-state index contributed by atoms with van der Waals surface area (Å²) < 4.78 is 6.12. The van der Waals surface area contributed by atoms with Gasteiger partial charge in [0.2, 0.25) is 0 Å². The van der Waals surface area contributed by atoms with Gasteiger partial charge in [0.25, 0.3) is 5.91 Å². The van der Waals surface area contributed by atoms with Gasteiger partial charge in [-0.25, -0.2) is 0 Å². The molecule has 1 aliphatic heterocycles. The highest BCUT2D eigenvalue weighted by Crippen LogP contribution is 2.56. The number of piperidine rings is 1. The first-order valence-electron chi connectivity index (χ1n) is 7.96. The molecular weight excluding hydrogens is 412 g/mol. The number of furan rings is 1. The molecule has 1 atom stereocenters. The second kappa shape index (κ2) is 7.20. The lowest BCUT2D eigenvalue weighted by Gasteiger charge is -2.29. The molecule has 2 fully saturated rings. The first-order valence-corrected chi connectivity index (χ1v) is 9.70. The first kappa shape index (κ1) is 18.0. The molecule has 1 unspecified atom stereocenters. The quantitative estimate of drug-likeness (QED) is 0.784. The van der Waals surface area contributed by atoms with Gasteiger partial charge in [0.05, 0.1) is 0 Å². The maximum Gasteiger partial charge on any atom is 0.290 e. The average molecular weight is 432 g/mol. The number of carbonyl (C=O) groups is 1. The van der Waals surface area contributed by atoms with E-state index < -0.39 is 0 Å². The van der Waals surface area contributed by atoms with E-state index in [1.54, 1.807) is 23.5 Å². The highest BCUT2D eigenvalue weighted by atomic mass is 79.9. The zero-order valence-corrected chi connectivity index (χ0v) is 16.4. The van der Waals surface area contributed by atoms with Crippen LogP contribution in [0.3, 0.4) is 0 Å². The van der Waals surface area contributed by atoms with Gasteiger partial charge in [-0.05, 0) is 88.2 Å². The third-order valence-corrected chi connectivity index (χ3v) is 6.26. The number of rotatable bonds is 4. The number of hydrogen-bond donors (Lipinski definition) is 1. The summed E-state index contributed by atoms with van der Waals surface area (Å²) in [6, 6.07) is 5.97. The summed E-state index contributed by atoms with van der Waals surface area (Å²) >= 11 is 4.96. The molecular formula is C17H20BrClN2O2S. The van der Waals surface area contributed by atoms with Crippen LogP contribution in [-0.2, 0) is 6.54 Å². The van der Waals surface area contributed by atoms with Gasteiger partial charge >= 0.3 is 0 Å². The SMILES string of the molecule is Cl.O=C(c1ccc(Br)o1)N(Cc1ccsc1)C1CC12CCNCC2. The highest BCUT2D eigenvalue weighted by Gasteiger charge is 2.58. The Labute approximate surface area is 160 Å². The normalized spacial score (nSPS) is 21.3. The molecule has 7 heteroatoms. The van der Waals surface area contributed by atoms with Crippen LogP contribution in [-0.4, -0.2) is 29.9 Å². The summed E-state index contributed by atoms with van der Waals surface area (Å²) in [6.45, 7) is 2.78. The van der Waals surface area contributed by atoms with Crippen molar-refractivity contribution < 1.29 is 9.21 Å². The van der Waals surface area contributed by atoms with E-state index in [0.29, 0.717) is 28.4 Å². The van der Waals surface area contributed by atoms with Crippen LogP contribution in [0.1, 0.15) is 35.4 Å². The summed E-state index contributed by atoms with van der Waals surface area (Å²) in [7, 11) is 0. The van der Waals surface area contributed by atoms with Crippen molar-refractivity contribution in [3.63, 3.8) is 0 Å². The average Bonchev–Trinajstić information content (AvgIpc) is 2.97. The van der Waals surface area contributed by atoms with Gasteiger partial charge in [-0.1, -0.05) is 0 Å². The Balaban J connectivity index is 0.00000169. The number of thiophene rings is 1. The van der Waals surface area contributed by atoms with Gasteiger partial charge in [-0.3, -0.25) is 4.79 Å². The maximum absolute atomic E-state index is 13.0. The molecule has 1 saturated heterocycles.